The van der Waals surface area contributed by atoms with E-state index in [0.29, 0.717) is 5.75 Å². The zero-order valence-corrected chi connectivity index (χ0v) is 14.4. The predicted octanol–water partition coefficient (Wildman–Crippen LogP) is 3.24. The first-order chi connectivity index (χ1) is 12.1. The Morgan fingerprint density at radius 1 is 1.16 bits per heavy atom. The van der Waals surface area contributed by atoms with E-state index in [1.54, 1.807) is 7.11 Å². The van der Waals surface area contributed by atoms with Crippen LogP contribution >= 0.6 is 0 Å². The standard InChI is InChI=1S/C20H22FNO3/c1-22-10-15-9-18(25-13-16(21)12-23)7-8-19(15)20(11-22)14-3-5-17(24-2)6-4-14/h3-9,11,16,23H,10,12-13H2,1-2H3. The molecule has 1 N–H and O–H groups in total. The number of rotatable bonds is 6. The van der Waals surface area contributed by atoms with Crippen molar-refractivity contribution in [3.05, 3.63) is 65.4 Å². The van der Waals surface area contributed by atoms with Crippen LogP contribution in [0.15, 0.2) is 48.7 Å². The molecule has 5 heteroatoms. The topological polar surface area (TPSA) is 41.9 Å². The zero-order valence-electron chi connectivity index (χ0n) is 14.4. The normalized spacial score (nSPS) is 14.6. The van der Waals surface area contributed by atoms with Crippen LogP contribution in [0.3, 0.4) is 0 Å². The molecule has 4 nitrogen and oxygen atoms in total. The van der Waals surface area contributed by atoms with Crippen LogP contribution in [0.5, 0.6) is 11.5 Å². The summed E-state index contributed by atoms with van der Waals surface area (Å²) in [6.45, 7) is 0.0789. The van der Waals surface area contributed by atoms with Gasteiger partial charge in [-0.05, 0) is 41.0 Å². The molecule has 25 heavy (non-hydrogen) atoms. The van der Waals surface area contributed by atoms with Crippen LogP contribution in [0.25, 0.3) is 5.57 Å². The highest BCUT2D eigenvalue weighted by molar-refractivity contribution is 5.82. The van der Waals surface area contributed by atoms with Crippen LogP contribution in [0, 0.1) is 0 Å². The van der Waals surface area contributed by atoms with E-state index in [1.807, 2.05) is 49.5 Å². The molecule has 1 heterocycles. The number of methoxy groups -OCH3 is 1. The first-order valence-corrected chi connectivity index (χ1v) is 8.18. The molecule has 0 radical (unpaired) electrons. The van der Waals surface area contributed by atoms with Crippen molar-refractivity contribution in [1.82, 2.24) is 4.90 Å². The van der Waals surface area contributed by atoms with Gasteiger partial charge in [0.05, 0.1) is 13.7 Å². The molecule has 0 saturated heterocycles. The Hall–Kier alpha value is -2.53. The molecule has 0 saturated carbocycles. The molecule has 1 atom stereocenters. The Balaban J connectivity index is 1.87. The number of alkyl halides is 1. The highest BCUT2D eigenvalue weighted by Gasteiger charge is 2.18. The lowest BCUT2D eigenvalue weighted by atomic mass is 9.91. The lowest BCUT2D eigenvalue weighted by Gasteiger charge is -2.26. The van der Waals surface area contributed by atoms with E-state index in [0.717, 1.165) is 34.6 Å². The maximum Gasteiger partial charge on any atom is 0.157 e. The van der Waals surface area contributed by atoms with Crippen LogP contribution in [0.1, 0.15) is 16.7 Å². The van der Waals surface area contributed by atoms with Crippen LogP contribution in [0.4, 0.5) is 4.39 Å². The van der Waals surface area contributed by atoms with Gasteiger partial charge in [0.2, 0.25) is 0 Å². The molecule has 2 aromatic carbocycles. The van der Waals surface area contributed by atoms with Crippen molar-refractivity contribution in [2.45, 2.75) is 12.7 Å². The number of hydrogen-bond donors (Lipinski definition) is 1. The smallest absolute Gasteiger partial charge is 0.157 e. The lowest BCUT2D eigenvalue weighted by molar-refractivity contribution is 0.123. The largest absolute Gasteiger partial charge is 0.497 e. The van der Waals surface area contributed by atoms with E-state index in [-0.39, 0.29) is 6.61 Å². The van der Waals surface area contributed by atoms with Crippen molar-refractivity contribution in [1.29, 1.82) is 0 Å². The number of benzene rings is 2. The molecule has 0 fully saturated rings. The molecule has 0 aliphatic carbocycles. The van der Waals surface area contributed by atoms with Crippen LogP contribution in [-0.4, -0.2) is 43.5 Å². The van der Waals surface area contributed by atoms with Crippen LogP contribution < -0.4 is 9.47 Å². The van der Waals surface area contributed by atoms with Gasteiger partial charge in [0.25, 0.3) is 0 Å². The van der Waals surface area contributed by atoms with Gasteiger partial charge in [0.1, 0.15) is 18.1 Å². The predicted molar refractivity (Wildman–Crippen MR) is 95.5 cm³/mol. The summed E-state index contributed by atoms with van der Waals surface area (Å²) >= 11 is 0. The molecule has 2 aromatic rings. The molecular formula is C20H22FNO3. The Morgan fingerprint density at radius 2 is 1.88 bits per heavy atom. The SMILES string of the molecule is COc1ccc(C2=CN(C)Cc3cc(OCC(F)CO)ccc32)cc1. The minimum absolute atomic E-state index is 0.147. The summed E-state index contributed by atoms with van der Waals surface area (Å²) in [6, 6.07) is 13.7. The minimum atomic E-state index is -1.37. The Kier molecular flexibility index (Phi) is 5.24. The molecule has 0 spiro atoms. The lowest BCUT2D eigenvalue weighted by Crippen LogP contribution is -2.19. The second kappa shape index (κ2) is 7.57. The number of fused-ring (bicyclic) bond motifs is 1. The molecule has 132 valence electrons. The van der Waals surface area contributed by atoms with Crippen LogP contribution in [-0.2, 0) is 6.54 Å². The third kappa shape index (κ3) is 3.94. The summed E-state index contributed by atoms with van der Waals surface area (Å²) in [5.41, 5.74) is 4.48. The fraction of sp³-hybridized carbons (Fsp3) is 0.300. The molecule has 1 aliphatic heterocycles. The molecule has 0 bridgehead atoms. The second-order valence-electron chi connectivity index (χ2n) is 6.10. The Labute approximate surface area is 147 Å². The maximum atomic E-state index is 13.2. The average molecular weight is 343 g/mol. The van der Waals surface area contributed by atoms with Gasteiger partial charge >= 0.3 is 0 Å². The van der Waals surface area contributed by atoms with Crippen LogP contribution in [0.2, 0.25) is 0 Å². The summed E-state index contributed by atoms with van der Waals surface area (Å²) in [7, 11) is 3.67. The van der Waals surface area contributed by atoms with Gasteiger partial charge in [-0.25, -0.2) is 4.39 Å². The fourth-order valence-electron chi connectivity index (χ4n) is 2.90. The van der Waals surface area contributed by atoms with Gasteiger partial charge in [0, 0.05) is 25.4 Å². The second-order valence-corrected chi connectivity index (χ2v) is 6.10. The number of aliphatic hydroxyl groups is 1. The molecule has 0 aromatic heterocycles. The van der Waals surface area contributed by atoms with E-state index in [4.69, 9.17) is 14.6 Å². The minimum Gasteiger partial charge on any atom is -0.497 e. The van der Waals surface area contributed by atoms with Crippen molar-refractivity contribution in [3.63, 3.8) is 0 Å². The van der Waals surface area contributed by atoms with E-state index in [9.17, 15) is 4.39 Å². The van der Waals surface area contributed by atoms with Crippen molar-refractivity contribution in [2.24, 2.45) is 0 Å². The molecular weight excluding hydrogens is 321 g/mol. The average Bonchev–Trinajstić information content (AvgIpc) is 2.65. The van der Waals surface area contributed by atoms with Gasteiger partial charge in [-0.1, -0.05) is 18.2 Å². The maximum absolute atomic E-state index is 13.2. The first-order valence-electron chi connectivity index (χ1n) is 8.18. The molecule has 1 aliphatic rings. The summed E-state index contributed by atoms with van der Waals surface area (Å²) in [5.74, 6) is 1.43. The highest BCUT2D eigenvalue weighted by atomic mass is 19.1. The number of nitrogens with zero attached hydrogens (tertiary/aromatic N) is 1. The first kappa shape index (κ1) is 17.3. The number of halogens is 1. The van der Waals surface area contributed by atoms with Gasteiger partial charge in [-0.3, -0.25) is 0 Å². The highest BCUT2D eigenvalue weighted by Crippen LogP contribution is 2.34. The van der Waals surface area contributed by atoms with E-state index >= 15 is 0 Å². The summed E-state index contributed by atoms with van der Waals surface area (Å²) in [4.78, 5) is 2.11. The summed E-state index contributed by atoms with van der Waals surface area (Å²) in [6.07, 6.45) is 0.752. The van der Waals surface area contributed by atoms with Crippen molar-refractivity contribution in [3.8, 4) is 11.5 Å². The van der Waals surface area contributed by atoms with E-state index in [1.165, 1.54) is 0 Å². The Morgan fingerprint density at radius 3 is 2.56 bits per heavy atom. The van der Waals surface area contributed by atoms with Crippen molar-refractivity contribution >= 4 is 5.57 Å². The number of ether oxygens (including phenoxy) is 2. The third-order valence-corrected chi connectivity index (χ3v) is 4.17. The number of aliphatic hydroxyl groups excluding tert-OH is 1. The van der Waals surface area contributed by atoms with Crippen molar-refractivity contribution < 1.29 is 19.0 Å². The van der Waals surface area contributed by atoms with E-state index in [2.05, 4.69) is 11.1 Å². The molecule has 1 unspecified atom stereocenters. The Bertz CT molecular complexity index is 758. The fourth-order valence-corrected chi connectivity index (χ4v) is 2.90. The van der Waals surface area contributed by atoms with Gasteiger partial charge in [-0.15, -0.1) is 0 Å². The van der Waals surface area contributed by atoms with Gasteiger partial charge < -0.3 is 19.5 Å². The summed E-state index contributed by atoms with van der Waals surface area (Å²) in [5, 5.41) is 8.76. The van der Waals surface area contributed by atoms with Gasteiger partial charge in [0.15, 0.2) is 6.17 Å². The molecule has 0 amide bonds. The number of hydrogen-bond acceptors (Lipinski definition) is 4. The quantitative estimate of drug-likeness (QED) is 0.874. The summed E-state index contributed by atoms with van der Waals surface area (Å²) < 4.78 is 23.8. The van der Waals surface area contributed by atoms with Crippen molar-refractivity contribution in [2.75, 3.05) is 27.4 Å². The third-order valence-electron chi connectivity index (χ3n) is 4.17. The monoisotopic (exact) mass is 343 g/mol. The zero-order chi connectivity index (χ0) is 17.8. The van der Waals surface area contributed by atoms with E-state index < -0.39 is 12.8 Å². The molecule has 3 rings (SSSR count). The van der Waals surface area contributed by atoms with Gasteiger partial charge in [-0.2, -0.15) is 0 Å².